The molecule has 4 nitrogen and oxygen atoms in total. The maximum absolute atomic E-state index is 12.5. The summed E-state index contributed by atoms with van der Waals surface area (Å²) >= 11 is 0. The molecule has 0 saturated heterocycles. The molecule has 0 unspecified atom stereocenters. The number of aromatic amines is 1. The van der Waals surface area contributed by atoms with Crippen LogP contribution in [-0.4, -0.2) is 4.98 Å². The molecule has 0 radical (unpaired) electrons. The Balaban J connectivity index is 2.45. The van der Waals surface area contributed by atoms with Crippen LogP contribution in [0, 0.1) is 10.8 Å². The molecule has 96 valence electrons. The zero-order chi connectivity index (χ0) is 13.7. The Morgan fingerprint density at radius 2 is 1.45 bits per heavy atom. The Kier molecular flexibility index (Phi) is 2.09. The molecule has 1 aliphatic heterocycles. The zero-order valence-electron chi connectivity index (χ0n) is 10.3. The van der Waals surface area contributed by atoms with Gasteiger partial charge in [-0.25, -0.2) is 0 Å². The van der Waals surface area contributed by atoms with E-state index in [0.717, 1.165) is 0 Å². The van der Waals surface area contributed by atoms with Crippen molar-refractivity contribution in [3.05, 3.63) is 79.7 Å². The molecule has 2 aromatic carbocycles. The summed E-state index contributed by atoms with van der Waals surface area (Å²) in [6.45, 7) is 0. The summed E-state index contributed by atoms with van der Waals surface area (Å²) in [5.41, 5.74) is 0.827. The molecule has 0 bridgehead atoms. The van der Waals surface area contributed by atoms with Gasteiger partial charge in [0.05, 0.1) is 5.52 Å². The van der Waals surface area contributed by atoms with E-state index in [1.807, 2.05) is 12.1 Å². The summed E-state index contributed by atoms with van der Waals surface area (Å²) in [7, 11) is 0. The van der Waals surface area contributed by atoms with Gasteiger partial charge in [0.1, 0.15) is 5.35 Å². The number of rotatable bonds is 0. The number of fused-ring (bicyclic) bond motifs is 2. The molecule has 0 amide bonds. The van der Waals surface area contributed by atoms with E-state index >= 15 is 0 Å². The van der Waals surface area contributed by atoms with Crippen molar-refractivity contribution >= 4 is 21.9 Å². The lowest BCUT2D eigenvalue weighted by Crippen LogP contribution is -2.16. The largest absolute Gasteiger partial charge is 0.449 e. The molecule has 0 spiro atoms. The van der Waals surface area contributed by atoms with Crippen LogP contribution in [0.4, 0.5) is 0 Å². The highest BCUT2D eigenvalue weighted by Gasteiger charge is 2.10. The third kappa shape index (κ3) is 1.36. The van der Waals surface area contributed by atoms with Crippen molar-refractivity contribution in [2.24, 2.45) is 0 Å². The Morgan fingerprint density at radius 3 is 2.25 bits per heavy atom. The number of hydrogen-bond donors (Lipinski definition) is 1. The van der Waals surface area contributed by atoms with Crippen molar-refractivity contribution in [2.45, 2.75) is 0 Å². The van der Waals surface area contributed by atoms with Gasteiger partial charge in [-0.3, -0.25) is 9.59 Å². The second kappa shape index (κ2) is 3.81. The Hall–Kier alpha value is -2.88. The minimum absolute atomic E-state index is 0.0763. The third-order valence-corrected chi connectivity index (χ3v) is 3.44. The van der Waals surface area contributed by atoms with E-state index in [1.165, 1.54) is 0 Å². The summed E-state index contributed by atoms with van der Waals surface area (Å²) in [6, 6.07) is 14.0. The van der Waals surface area contributed by atoms with Crippen molar-refractivity contribution in [1.82, 2.24) is 4.98 Å². The van der Waals surface area contributed by atoms with Gasteiger partial charge in [-0.1, -0.05) is 36.4 Å². The molecule has 2 aromatic rings. The Bertz CT molecular complexity index is 1050. The lowest BCUT2D eigenvalue weighted by Gasteiger charge is -2.01. The number of nitrogens with one attached hydrogen (secondary N) is 1. The molecular weight excluding hydrogens is 254 g/mol. The summed E-state index contributed by atoms with van der Waals surface area (Å²) in [5, 5.41) is 1.01. The van der Waals surface area contributed by atoms with E-state index < -0.39 is 0 Å². The van der Waals surface area contributed by atoms with Crippen LogP contribution in [0.15, 0.2) is 62.5 Å². The number of aromatic nitrogens is 1. The first-order chi connectivity index (χ1) is 9.75. The average Bonchev–Trinajstić information content (AvgIpc) is 2.51. The lowest BCUT2D eigenvalue weighted by atomic mass is 10.1. The SMILES string of the molecule is O=c1c2[nH]c3ccccc3oc=2c(=O)c2ccccc12. The topological polar surface area (TPSA) is 63.1 Å². The van der Waals surface area contributed by atoms with Crippen molar-refractivity contribution in [3.63, 3.8) is 0 Å². The molecule has 0 atom stereocenters. The zero-order valence-corrected chi connectivity index (χ0v) is 10.3. The van der Waals surface area contributed by atoms with Crippen molar-refractivity contribution in [1.29, 1.82) is 0 Å². The quantitative estimate of drug-likeness (QED) is 0.529. The summed E-state index contributed by atoms with van der Waals surface area (Å²) in [5.74, 6) is 0. The highest BCUT2D eigenvalue weighted by molar-refractivity contribution is 5.82. The fourth-order valence-corrected chi connectivity index (χ4v) is 2.47. The average molecular weight is 263 g/mol. The number of H-pyrrole nitrogens is 1. The van der Waals surface area contributed by atoms with Crippen LogP contribution in [-0.2, 0) is 0 Å². The molecule has 20 heavy (non-hydrogen) atoms. The van der Waals surface area contributed by atoms with Crippen molar-refractivity contribution in [3.8, 4) is 0 Å². The molecule has 0 aromatic heterocycles. The maximum Gasteiger partial charge on any atom is 0.231 e. The number of benzene rings is 2. The summed E-state index contributed by atoms with van der Waals surface area (Å²) in [4.78, 5) is 27.9. The Labute approximate surface area is 111 Å². The minimum atomic E-state index is -0.266. The second-order valence-electron chi connectivity index (χ2n) is 4.63. The van der Waals surface area contributed by atoms with E-state index in [9.17, 15) is 9.59 Å². The molecule has 4 heteroatoms. The monoisotopic (exact) mass is 263 g/mol. The third-order valence-electron chi connectivity index (χ3n) is 3.44. The summed E-state index contributed by atoms with van der Waals surface area (Å²) < 4.78 is 5.62. The van der Waals surface area contributed by atoms with E-state index in [-0.39, 0.29) is 21.6 Å². The molecule has 1 N–H and O–H groups in total. The van der Waals surface area contributed by atoms with Gasteiger partial charge in [-0.2, -0.15) is 0 Å². The van der Waals surface area contributed by atoms with E-state index in [0.29, 0.717) is 21.9 Å². The first kappa shape index (κ1) is 11.0. The van der Waals surface area contributed by atoms with Crippen LogP contribution in [0.1, 0.15) is 0 Å². The minimum Gasteiger partial charge on any atom is -0.449 e. The lowest BCUT2D eigenvalue weighted by molar-refractivity contribution is 0.556. The fraction of sp³-hybridized carbons (Fsp3) is 0. The van der Waals surface area contributed by atoms with Gasteiger partial charge in [0.25, 0.3) is 0 Å². The van der Waals surface area contributed by atoms with Gasteiger partial charge < -0.3 is 9.40 Å². The molecule has 0 saturated carbocycles. The van der Waals surface area contributed by atoms with Crippen LogP contribution in [0.2, 0.25) is 0 Å². The van der Waals surface area contributed by atoms with E-state index in [2.05, 4.69) is 4.98 Å². The van der Waals surface area contributed by atoms with Gasteiger partial charge in [0.15, 0.2) is 5.58 Å². The van der Waals surface area contributed by atoms with Crippen LogP contribution in [0.5, 0.6) is 0 Å². The van der Waals surface area contributed by atoms with E-state index in [4.69, 9.17) is 4.42 Å². The Morgan fingerprint density at radius 1 is 0.800 bits per heavy atom. The van der Waals surface area contributed by atoms with Crippen molar-refractivity contribution in [2.75, 3.05) is 0 Å². The summed E-state index contributed by atoms with van der Waals surface area (Å²) in [6.07, 6.45) is 0. The normalized spacial score (nSPS) is 11.4. The fourth-order valence-electron chi connectivity index (χ4n) is 2.47. The number of hydrogen-bond acceptors (Lipinski definition) is 3. The first-order valence-corrected chi connectivity index (χ1v) is 6.22. The maximum atomic E-state index is 12.5. The smallest absolute Gasteiger partial charge is 0.231 e. The predicted octanol–water partition coefficient (Wildman–Crippen LogP) is 2.36. The predicted molar refractivity (Wildman–Crippen MR) is 75.9 cm³/mol. The highest BCUT2D eigenvalue weighted by Crippen LogP contribution is 2.12. The van der Waals surface area contributed by atoms with Crippen LogP contribution in [0.25, 0.3) is 21.9 Å². The van der Waals surface area contributed by atoms with Crippen LogP contribution in [0.3, 0.4) is 0 Å². The molecule has 4 rings (SSSR count). The van der Waals surface area contributed by atoms with Crippen LogP contribution < -0.4 is 10.9 Å². The molecule has 1 heterocycles. The van der Waals surface area contributed by atoms with Gasteiger partial charge in [0, 0.05) is 10.8 Å². The van der Waals surface area contributed by atoms with Gasteiger partial charge in [-0.05, 0) is 12.1 Å². The van der Waals surface area contributed by atoms with Crippen LogP contribution >= 0.6 is 0 Å². The molecule has 1 aliphatic carbocycles. The molecule has 0 fully saturated rings. The van der Waals surface area contributed by atoms with Gasteiger partial charge >= 0.3 is 0 Å². The van der Waals surface area contributed by atoms with Gasteiger partial charge in [-0.15, -0.1) is 0 Å². The highest BCUT2D eigenvalue weighted by atomic mass is 16.3. The van der Waals surface area contributed by atoms with Gasteiger partial charge in [0.2, 0.25) is 16.3 Å². The molecular formula is C16H9NO3. The standard InChI is InChI=1S/C16H9NO3/c18-14-9-5-1-2-6-10(9)15(19)16-13(14)17-11-7-3-4-8-12(11)20-16/h1-8,17H. The van der Waals surface area contributed by atoms with Crippen molar-refractivity contribution < 1.29 is 4.42 Å². The van der Waals surface area contributed by atoms with E-state index in [1.54, 1.807) is 36.4 Å². The molecule has 2 aliphatic rings. The number of para-hydroxylation sites is 2. The second-order valence-corrected chi connectivity index (χ2v) is 4.63. The first-order valence-electron chi connectivity index (χ1n) is 6.22.